The molecule has 0 saturated heterocycles. The van der Waals surface area contributed by atoms with E-state index in [1.807, 2.05) is 13.8 Å². The minimum atomic E-state index is -0.703. The van der Waals surface area contributed by atoms with Crippen molar-refractivity contribution in [2.24, 2.45) is 0 Å². The third-order valence-electron chi connectivity index (χ3n) is 3.31. The molecule has 1 aromatic carbocycles. The van der Waals surface area contributed by atoms with Crippen molar-refractivity contribution >= 4 is 6.03 Å². The molecule has 112 valence electrons. The molecule has 20 heavy (non-hydrogen) atoms. The smallest absolute Gasteiger partial charge is 0.319 e. The van der Waals surface area contributed by atoms with Crippen LogP contribution in [-0.2, 0) is 0 Å². The van der Waals surface area contributed by atoms with Crippen molar-refractivity contribution in [2.45, 2.75) is 20.0 Å². The van der Waals surface area contributed by atoms with Crippen molar-refractivity contribution in [3.8, 4) is 5.75 Å². The first-order chi connectivity index (χ1) is 9.53. The number of ether oxygens (including phenoxy) is 1. The van der Waals surface area contributed by atoms with Gasteiger partial charge in [-0.2, -0.15) is 0 Å². The Morgan fingerprint density at radius 3 is 2.25 bits per heavy atom. The Morgan fingerprint density at radius 1 is 1.25 bits per heavy atom. The Hall–Kier alpha value is -1.75. The molecule has 1 rings (SSSR count). The van der Waals surface area contributed by atoms with Crippen LogP contribution in [0.3, 0.4) is 0 Å². The number of aliphatic hydroxyl groups excluding tert-OH is 1. The van der Waals surface area contributed by atoms with Crippen molar-refractivity contribution < 1.29 is 14.6 Å². The predicted octanol–water partition coefficient (Wildman–Crippen LogP) is 2.12. The molecular weight excluding hydrogens is 256 g/mol. The highest BCUT2D eigenvalue weighted by Gasteiger charge is 2.18. The molecule has 1 unspecified atom stereocenters. The van der Waals surface area contributed by atoms with Gasteiger partial charge in [-0.3, -0.25) is 0 Å². The number of benzene rings is 1. The molecule has 0 aliphatic heterocycles. The highest BCUT2D eigenvalue weighted by Crippen LogP contribution is 2.18. The fourth-order valence-corrected chi connectivity index (χ4v) is 2.00. The van der Waals surface area contributed by atoms with Gasteiger partial charge < -0.3 is 19.6 Å². The fraction of sp³-hybridized carbons (Fsp3) is 0.533. The molecule has 0 aliphatic carbocycles. The minimum Gasteiger partial charge on any atom is -0.497 e. The summed E-state index contributed by atoms with van der Waals surface area (Å²) in [4.78, 5) is 15.4. The normalized spacial score (nSPS) is 11.8. The predicted molar refractivity (Wildman–Crippen MR) is 78.9 cm³/mol. The van der Waals surface area contributed by atoms with Gasteiger partial charge in [-0.05, 0) is 31.5 Å². The molecule has 0 heterocycles. The molecule has 0 fully saturated rings. The number of methoxy groups -OCH3 is 1. The first kappa shape index (κ1) is 16.3. The zero-order valence-electron chi connectivity index (χ0n) is 12.7. The van der Waals surface area contributed by atoms with Gasteiger partial charge in [-0.25, -0.2) is 4.79 Å². The largest absolute Gasteiger partial charge is 0.497 e. The lowest BCUT2D eigenvalue weighted by molar-refractivity contribution is 0.116. The lowest BCUT2D eigenvalue weighted by Crippen LogP contribution is -2.42. The van der Waals surface area contributed by atoms with Crippen molar-refractivity contribution in [3.05, 3.63) is 29.8 Å². The molecule has 0 radical (unpaired) electrons. The van der Waals surface area contributed by atoms with E-state index in [1.165, 1.54) is 0 Å². The molecule has 2 amide bonds. The second kappa shape index (κ2) is 7.75. The first-order valence-corrected chi connectivity index (χ1v) is 6.85. The molecule has 1 atom stereocenters. The van der Waals surface area contributed by atoms with E-state index in [0.717, 1.165) is 11.3 Å². The molecule has 5 nitrogen and oxygen atoms in total. The van der Waals surface area contributed by atoms with Gasteiger partial charge in [-0.1, -0.05) is 12.1 Å². The van der Waals surface area contributed by atoms with Crippen LogP contribution in [0.25, 0.3) is 0 Å². The van der Waals surface area contributed by atoms with E-state index < -0.39 is 6.10 Å². The van der Waals surface area contributed by atoms with E-state index in [0.29, 0.717) is 13.1 Å². The molecule has 0 saturated carbocycles. The van der Waals surface area contributed by atoms with E-state index in [9.17, 15) is 9.90 Å². The third kappa shape index (κ3) is 4.13. The third-order valence-corrected chi connectivity index (χ3v) is 3.31. The van der Waals surface area contributed by atoms with Gasteiger partial charge >= 0.3 is 6.03 Å². The van der Waals surface area contributed by atoms with Crippen LogP contribution < -0.4 is 4.74 Å². The summed E-state index contributed by atoms with van der Waals surface area (Å²) in [7, 11) is 3.30. The van der Waals surface area contributed by atoms with Crippen LogP contribution in [0.15, 0.2) is 24.3 Å². The Balaban J connectivity index is 2.64. The van der Waals surface area contributed by atoms with Crippen molar-refractivity contribution in [2.75, 3.05) is 33.8 Å². The molecule has 0 aliphatic rings. The van der Waals surface area contributed by atoms with Gasteiger partial charge in [0, 0.05) is 20.1 Å². The Labute approximate surface area is 120 Å². The summed E-state index contributed by atoms with van der Waals surface area (Å²) < 4.78 is 5.08. The van der Waals surface area contributed by atoms with E-state index >= 15 is 0 Å². The zero-order chi connectivity index (χ0) is 15.1. The summed E-state index contributed by atoms with van der Waals surface area (Å²) in [6.45, 7) is 5.47. The van der Waals surface area contributed by atoms with Gasteiger partial charge in [0.25, 0.3) is 0 Å². The van der Waals surface area contributed by atoms with Crippen molar-refractivity contribution in [3.63, 3.8) is 0 Å². The first-order valence-electron chi connectivity index (χ1n) is 6.85. The highest BCUT2D eigenvalue weighted by atomic mass is 16.5. The van der Waals surface area contributed by atoms with Crippen LogP contribution >= 0.6 is 0 Å². The van der Waals surface area contributed by atoms with Crippen molar-refractivity contribution in [1.82, 2.24) is 9.80 Å². The van der Waals surface area contributed by atoms with E-state index in [-0.39, 0.29) is 12.6 Å². The molecule has 1 aromatic rings. The standard InChI is InChI=1S/C15H24N2O3/c1-5-17(6-2)15(19)16(3)11-14(18)12-7-9-13(20-4)10-8-12/h7-10,14,18H,5-6,11H2,1-4H3. The lowest BCUT2D eigenvalue weighted by atomic mass is 10.1. The lowest BCUT2D eigenvalue weighted by Gasteiger charge is -2.27. The maximum Gasteiger partial charge on any atom is 0.319 e. The van der Waals surface area contributed by atoms with Crippen LogP contribution in [0, 0.1) is 0 Å². The molecular formula is C15H24N2O3. The van der Waals surface area contributed by atoms with Gasteiger partial charge in [0.2, 0.25) is 0 Å². The van der Waals surface area contributed by atoms with Crippen molar-refractivity contribution in [1.29, 1.82) is 0 Å². The number of carbonyl (C=O) groups excluding carboxylic acids is 1. The Bertz CT molecular complexity index is 416. The van der Waals surface area contributed by atoms with Crippen LogP contribution in [-0.4, -0.2) is 54.7 Å². The topological polar surface area (TPSA) is 53.0 Å². The molecule has 0 aromatic heterocycles. The Morgan fingerprint density at radius 2 is 1.80 bits per heavy atom. The molecule has 5 heteroatoms. The molecule has 1 N–H and O–H groups in total. The average molecular weight is 280 g/mol. The SMILES string of the molecule is CCN(CC)C(=O)N(C)CC(O)c1ccc(OC)cc1. The number of carbonyl (C=O) groups is 1. The van der Waals surface area contributed by atoms with Crippen LogP contribution in [0.2, 0.25) is 0 Å². The summed E-state index contributed by atoms with van der Waals surface area (Å²) in [6, 6.07) is 7.14. The number of rotatable bonds is 6. The number of urea groups is 1. The molecule has 0 bridgehead atoms. The maximum absolute atomic E-state index is 12.1. The fourth-order valence-electron chi connectivity index (χ4n) is 2.00. The van der Waals surface area contributed by atoms with Gasteiger partial charge in [0.05, 0.1) is 19.8 Å². The quantitative estimate of drug-likeness (QED) is 0.868. The summed E-state index contributed by atoms with van der Waals surface area (Å²) in [5, 5.41) is 10.2. The summed E-state index contributed by atoms with van der Waals surface area (Å²) in [5.74, 6) is 0.744. The van der Waals surface area contributed by atoms with E-state index in [2.05, 4.69) is 0 Å². The summed E-state index contributed by atoms with van der Waals surface area (Å²) in [5.41, 5.74) is 0.769. The summed E-state index contributed by atoms with van der Waals surface area (Å²) >= 11 is 0. The minimum absolute atomic E-state index is 0.0671. The van der Waals surface area contributed by atoms with E-state index in [1.54, 1.807) is 48.2 Å². The highest BCUT2D eigenvalue weighted by molar-refractivity contribution is 5.74. The zero-order valence-corrected chi connectivity index (χ0v) is 12.7. The second-order valence-electron chi connectivity index (χ2n) is 4.62. The average Bonchev–Trinajstić information content (AvgIpc) is 2.48. The number of hydrogen-bond donors (Lipinski definition) is 1. The van der Waals surface area contributed by atoms with Crippen LogP contribution in [0.4, 0.5) is 4.79 Å². The van der Waals surface area contributed by atoms with E-state index in [4.69, 9.17) is 4.74 Å². The number of likely N-dealkylation sites (N-methyl/N-ethyl adjacent to an activating group) is 1. The van der Waals surface area contributed by atoms with Crippen LogP contribution in [0.1, 0.15) is 25.5 Å². The van der Waals surface area contributed by atoms with Gasteiger partial charge in [-0.15, -0.1) is 0 Å². The van der Waals surface area contributed by atoms with Gasteiger partial charge in [0.1, 0.15) is 5.75 Å². The Kier molecular flexibility index (Phi) is 6.31. The maximum atomic E-state index is 12.1. The van der Waals surface area contributed by atoms with Crippen LogP contribution in [0.5, 0.6) is 5.75 Å². The number of aliphatic hydroxyl groups is 1. The second-order valence-corrected chi connectivity index (χ2v) is 4.62. The number of amides is 2. The molecule has 0 spiro atoms. The number of nitrogens with zero attached hydrogens (tertiary/aromatic N) is 2. The summed E-state index contributed by atoms with van der Waals surface area (Å²) in [6.07, 6.45) is -0.703. The van der Waals surface area contributed by atoms with Gasteiger partial charge in [0.15, 0.2) is 0 Å². The monoisotopic (exact) mass is 280 g/mol. The number of hydrogen-bond acceptors (Lipinski definition) is 3.